The van der Waals surface area contributed by atoms with E-state index in [4.69, 9.17) is 0 Å². The number of allylic oxidation sites excluding steroid dienone is 4. The minimum Gasteiger partial charge on any atom is -0.341 e. The Morgan fingerprint density at radius 1 is 1.10 bits per heavy atom. The van der Waals surface area contributed by atoms with E-state index < -0.39 is 0 Å². The second kappa shape index (κ2) is 5.01. The van der Waals surface area contributed by atoms with Gasteiger partial charge in [-0.25, -0.2) is 0 Å². The molecule has 3 aliphatic rings. The van der Waals surface area contributed by atoms with Gasteiger partial charge in [0.1, 0.15) is 0 Å². The number of pyridine rings is 1. The van der Waals surface area contributed by atoms with Crippen molar-refractivity contribution in [2.24, 2.45) is 11.8 Å². The van der Waals surface area contributed by atoms with Gasteiger partial charge < -0.3 is 4.90 Å². The van der Waals surface area contributed by atoms with Crippen molar-refractivity contribution in [1.82, 2.24) is 4.98 Å². The van der Waals surface area contributed by atoms with Gasteiger partial charge in [0.25, 0.3) is 0 Å². The van der Waals surface area contributed by atoms with Crippen LogP contribution in [0.25, 0.3) is 0 Å². The number of hydrogen-bond acceptors (Lipinski definition) is 2. The van der Waals surface area contributed by atoms with Crippen LogP contribution in [0.4, 0.5) is 5.69 Å². The van der Waals surface area contributed by atoms with Crippen molar-refractivity contribution in [3.05, 3.63) is 47.4 Å². The number of nitrogens with zero attached hydrogens (tertiary/aromatic N) is 2. The van der Waals surface area contributed by atoms with E-state index in [9.17, 15) is 0 Å². The van der Waals surface area contributed by atoms with Crippen LogP contribution < -0.4 is 4.90 Å². The van der Waals surface area contributed by atoms with Crippen LogP contribution in [0.1, 0.15) is 43.5 Å². The van der Waals surface area contributed by atoms with E-state index in [0.29, 0.717) is 6.04 Å². The van der Waals surface area contributed by atoms with Gasteiger partial charge in [-0.15, -0.1) is 0 Å². The molecule has 1 aromatic heterocycles. The van der Waals surface area contributed by atoms with Crippen molar-refractivity contribution in [1.29, 1.82) is 0 Å². The van der Waals surface area contributed by atoms with E-state index in [0.717, 1.165) is 23.2 Å². The van der Waals surface area contributed by atoms with Crippen LogP contribution >= 0.6 is 0 Å². The summed E-state index contributed by atoms with van der Waals surface area (Å²) in [7, 11) is 0. The van der Waals surface area contributed by atoms with Crippen molar-refractivity contribution in [3.63, 3.8) is 0 Å². The standard InChI is InChI=1S/C19H24N2/c1-13-11-15(12-14(2)20-13)21-18-9-5-3-7-16(18)17-8-4-6-10-19(17)21/h3,5,9,11-12,16-17,19H,4,6-8,10H2,1-2H3. The average molecular weight is 280 g/mol. The van der Waals surface area contributed by atoms with E-state index in [1.807, 2.05) is 0 Å². The zero-order chi connectivity index (χ0) is 14.4. The summed E-state index contributed by atoms with van der Waals surface area (Å²) in [5, 5.41) is 0. The van der Waals surface area contributed by atoms with Crippen LogP contribution in [0.15, 0.2) is 36.1 Å². The van der Waals surface area contributed by atoms with Gasteiger partial charge in [-0.1, -0.05) is 25.0 Å². The first kappa shape index (κ1) is 13.1. The van der Waals surface area contributed by atoms with E-state index in [-0.39, 0.29) is 0 Å². The van der Waals surface area contributed by atoms with Crippen LogP contribution in [0.3, 0.4) is 0 Å². The van der Waals surface area contributed by atoms with Gasteiger partial charge in [0, 0.05) is 34.7 Å². The predicted molar refractivity (Wildman–Crippen MR) is 87.3 cm³/mol. The summed E-state index contributed by atoms with van der Waals surface area (Å²) in [6, 6.07) is 5.23. The molecule has 2 nitrogen and oxygen atoms in total. The number of rotatable bonds is 1. The summed E-state index contributed by atoms with van der Waals surface area (Å²) in [4.78, 5) is 7.21. The zero-order valence-corrected chi connectivity index (χ0v) is 13.0. The normalized spacial score (nSPS) is 30.9. The van der Waals surface area contributed by atoms with E-state index in [1.165, 1.54) is 37.8 Å². The highest BCUT2D eigenvalue weighted by atomic mass is 15.2. The zero-order valence-electron chi connectivity index (χ0n) is 13.0. The quantitative estimate of drug-likeness (QED) is 0.751. The molecule has 0 aromatic carbocycles. The average Bonchev–Trinajstić information content (AvgIpc) is 2.81. The molecule has 2 heterocycles. The molecule has 4 rings (SSSR count). The Morgan fingerprint density at radius 2 is 1.86 bits per heavy atom. The molecular formula is C19H24N2. The first-order chi connectivity index (χ1) is 10.2. The van der Waals surface area contributed by atoms with Gasteiger partial charge in [0.2, 0.25) is 0 Å². The molecule has 0 spiro atoms. The molecule has 0 amide bonds. The highest BCUT2D eigenvalue weighted by Gasteiger charge is 2.46. The highest BCUT2D eigenvalue weighted by Crippen LogP contribution is 2.50. The molecule has 1 aromatic rings. The highest BCUT2D eigenvalue weighted by molar-refractivity contribution is 5.59. The largest absolute Gasteiger partial charge is 0.341 e. The number of hydrogen-bond donors (Lipinski definition) is 0. The molecule has 21 heavy (non-hydrogen) atoms. The molecular weight excluding hydrogens is 256 g/mol. The molecule has 1 aliphatic heterocycles. The summed E-state index contributed by atoms with van der Waals surface area (Å²) in [5.74, 6) is 1.60. The lowest BCUT2D eigenvalue weighted by Crippen LogP contribution is -2.34. The number of anilines is 1. The third-order valence-corrected chi connectivity index (χ3v) is 5.43. The first-order valence-electron chi connectivity index (χ1n) is 8.35. The third kappa shape index (κ3) is 2.12. The first-order valence-corrected chi connectivity index (χ1v) is 8.35. The molecule has 110 valence electrons. The Balaban J connectivity index is 1.80. The molecule has 3 atom stereocenters. The molecule has 1 saturated heterocycles. The molecule has 0 radical (unpaired) electrons. The van der Waals surface area contributed by atoms with Gasteiger partial charge >= 0.3 is 0 Å². The van der Waals surface area contributed by atoms with Crippen molar-refractivity contribution in [3.8, 4) is 0 Å². The van der Waals surface area contributed by atoms with E-state index in [1.54, 1.807) is 5.70 Å². The fourth-order valence-electron chi connectivity index (χ4n) is 4.70. The molecule has 1 saturated carbocycles. The summed E-state index contributed by atoms with van der Waals surface area (Å²) < 4.78 is 0. The topological polar surface area (TPSA) is 16.1 Å². The smallest absolute Gasteiger partial charge is 0.0447 e. The molecule has 0 N–H and O–H groups in total. The van der Waals surface area contributed by atoms with E-state index >= 15 is 0 Å². The summed E-state index contributed by atoms with van der Waals surface area (Å²) in [6.07, 6.45) is 13.7. The third-order valence-electron chi connectivity index (χ3n) is 5.43. The van der Waals surface area contributed by atoms with Crippen molar-refractivity contribution < 1.29 is 0 Å². The maximum atomic E-state index is 4.55. The minimum absolute atomic E-state index is 0.705. The monoisotopic (exact) mass is 280 g/mol. The van der Waals surface area contributed by atoms with Crippen LogP contribution in [0.5, 0.6) is 0 Å². The lowest BCUT2D eigenvalue weighted by Gasteiger charge is -2.33. The second-order valence-electron chi connectivity index (χ2n) is 6.86. The number of fused-ring (bicyclic) bond motifs is 3. The van der Waals surface area contributed by atoms with Crippen molar-refractivity contribution >= 4 is 5.69 Å². The number of aryl methyl sites for hydroxylation is 2. The minimum atomic E-state index is 0.705. The summed E-state index contributed by atoms with van der Waals surface area (Å²) in [6.45, 7) is 4.22. The maximum Gasteiger partial charge on any atom is 0.0447 e. The van der Waals surface area contributed by atoms with Crippen LogP contribution in [0.2, 0.25) is 0 Å². The maximum absolute atomic E-state index is 4.55. The Kier molecular flexibility index (Phi) is 3.13. The second-order valence-corrected chi connectivity index (χ2v) is 6.86. The van der Waals surface area contributed by atoms with Gasteiger partial charge in [-0.3, -0.25) is 4.98 Å². The predicted octanol–water partition coefficient (Wildman–Crippen LogP) is 4.54. The van der Waals surface area contributed by atoms with Crippen LogP contribution in [0, 0.1) is 25.7 Å². The lowest BCUT2D eigenvalue weighted by atomic mass is 9.77. The molecule has 2 heteroatoms. The molecule has 2 aliphatic carbocycles. The Bertz CT molecular complexity index is 594. The Labute approximate surface area is 127 Å². The fourth-order valence-corrected chi connectivity index (χ4v) is 4.70. The Hall–Kier alpha value is -1.57. The van der Waals surface area contributed by atoms with Gasteiger partial charge in [-0.05, 0) is 57.2 Å². The number of aromatic nitrogens is 1. The molecule has 2 fully saturated rings. The van der Waals surface area contributed by atoms with Crippen molar-refractivity contribution in [2.75, 3.05) is 4.90 Å². The fraction of sp³-hybridized carbons (Fsp3) is 0.526. The molecule has 3 unspecified atom stereocenters. The van der Waals surface area contributed by atoms with Crippen LogP contribution in [-0.4, -0.2) is 11.0 Å². The Morgan fingerprint density at radius 3 is 2.67 bits per heavy atom. The van der Waals surface area contributed by atoms with Gasteiger partial charge in [0.15, 0.2) is 0 Å². The van der Waals surface area contributed by atoms with Gasteiger partial charge in [0.05, 0.1) is 0 Å². The van der Waals surface area contributed by atoms with Crippen molar-refractivity contribution in [2.45, 2.75) is 52.0 Å². The summed E-state index contributed by atoms with van der Waals surface area (Å²) in [5.41, 5.74) is 5.18. The van der Waals surface area contributed by atoms with E-state index in [2.05, 4.69) is 54.1 Å². The molecule has 0 bridgehead atoms. The van der Waals surface area contributed by atoms with Gasteiger partial charge in [-0.2, -0.15) is 0 Å². The van der Waals surface area contributed by atoms with Crippen LogP contribution in [-0.2, 0) is 0 Å². The SMILES string of the molecule is Cc1cc(N2C3=CC=CCC3C3CCCCC32)cc(C)n1. The lowest BCUT2D eigenvalue weighted by molar-refractivity contribution is 0.286. The summed E-state index contributed by atoms with van der Waals surface area (Å²) >= 11 is 0.